The number of fused-ring (bicyclic) bond motifs is 1. The average molecular weight is 381 g/mol. The zero-order valence-electron chi connectivity index (χ0n) is 15.6. The first-order valence-corrected chi connectivity index (χ1v) is 9.30. The minimum atomic E-state index is 0.606. The van der Waals surface area contributed by atoms with Gasteiger partial charge >= 0.3 is 0 Å². The van der Waals surface area contributed by atoms with Gasteiger partial charge in [0.05, 0.1) is 23.0 Å². The van der Waals surface area contributed by atoms with Crippen molar-refractivity contribution in [2.75, 3.05) is 23.8 Å². The third-order valence-corrected chi connectivity index (χ3v) is 5.14. The van der Waals surface area contributed by atoms with Crippen molar-refractivity contribution < 1.29 is 0 Å². The van der Waals surface area contributed by atoms with Crippen LogP contribution in [0.3, 0.4) is 0 Å². The van der Waals surface area contributed by atoms with E-state index in [0.717, 1.165) is 52.7 Å². The average Bonchev–Trinajstić information content (AvgIpc) is 2.68. The van der Waals surface area contributed by atoms with Crippen LogP contribution < -0.4 is 10.2 Å². The first-order chi connectivity index (χ1) is 13.0. The van der Waals surface area contributed by atoms with Crippen molar-refractivity contribution in [3.8, 4) is 11.3 Å². The number of nitrogens with zero attached hydrogens (tertiary/aromatic N) is 5. The molecule has 0 saturated heterocycles. The van der Waals surface area contributed by atoms with Gasteiger partial charge in [0.15, 0.2) is 0 Å². The molecule has 0 aliphatic carbocycles. The van der Waals surface area contributed by atoms with Crippen molar-refractivity contribution in [3.05, 3.63) is 58.0 Å². The summed E-state index contributed by atoms with van der Waals surface area (Å²) < 4.78 is 0. The molecule has 7 heteroatoms. The Labute approximate surface area is 163 Å². The van der Waals surface area contributed by atoms with Crippen LogP contribution >= 0.6 is 11.6 Å². The highest BCUT2D eigenvalue weighted by atomic mass is 35.5. The Bertz CT molecular complexity index is 1000. The molecule has 0 bridgehead atoms. The first kappa shape index (κ1) is 17.7. The van der Waals surface area contributed by atoms with Gasteiger partial charge in [-0.2, -0.15) is 5.10 Å². The number of halogens is 1. The molecule has 1 N–H and O–H groups in total. The maximum Gasteiger partial charge on any atom is 0.148 e. The maximum absolute atomic E-state index is 6.45. The highest BCUT2D eigenvalue weighted by molar-refractivity contribution is 6.33. The highest BCUT2D eigenvalue weighted by Gasteiger charge is 2.21. The lowest BCUT2D eigenvalue weighted by molar-refractivity contribution is 0.686. The summed E-state index contributed by atoms with van der Waals surface area (Å²) >= 11 is 6.45. The molecule has 0 amide bonds. The molecule has 0 radical (unpaired) electrons. The Balaban J connectivity index is 1.67. The van der Waals surface area contributed by atoms with Gasteiger partial charge in [0.25, 0.3) is 0 Å². The summed E-state index contributed by atoms with van der Waals surface area (Å²) in [5.74, 6) is 1.68. The van der Waals surface area contributed by atoms with E-state index in [2.05, 4.69) is 49.4 Å². The molecule has 3 aromatic heterocycles. The predicted molar refractivity (Wildman–Crippen MR) is 108 cm³/mol. The molecule has 4 heterocycles. The van der Waals surface area contributed by atoms with Crippen LogP contribution in [0.5, 0.6) is 0 Å². The Morgan fingerprint density at radius 3 is 2.70 bits per heavy atom. The van der Waals surface area contributed by atoms with Crippen LogP contribution in [0.4, 0.5) is 11.6 Å². The van der Waals surface area contributed by atoms with Crippen LogP contribution in [0.1, 0.15) is 22.4 Å². The molecule has 0 fully saturated rings. The normalized spacial score (nSPS) is 13.4. The summed E-state index contributed by atoms with van der Waals surface area (Å²) in [5.41, 5.74) is 6.25. The summed E-state index contributed by atoms with van der Waals surface area (Å²) in [7, 11) is 1.85. The van der Waals surface area contributed by atoms with Crippen molar-refractivity contribution in [2.45, 2.75) is 26.8 Å². The Morgan fingerprint density at radius 2 is 1.93 bits per heavy atom. The molecule has 1 aliphatic heterocycles. The quantitative estimate of drug-likeness (QED) is 0.745. The van der Waals surface area contributed by atoms with Crippen molar-refractivity contribution in [3.63, 3.8) is 0 Å². The third kappa shape index (κ3) is 3.45. The summed E-state index contributed by atoms with van der Waals surface area (Å²) in [5, 5.41) is 12.2. The Kier molecular flexibility index (Phi) is 4.66. The van der Waals surface area contributed by atoms with E-state index in [4.69, 9.17) is 11.6 Å². The van der Waals surface area contributed by atoms with Gasteiger partial charge in [0, 0.05) is 31.5 Å². The number of pyridine rings is 2. The lowest BCUT2D eigenvalue weighted by Gasteiger charge is -2.29. The minimum absolute atomic E-state index is 0.606. The van der Waals surface area contributed by atoms with Gasteiger partial charge < -0.3 is 10.2 Å². The first-order valence-electron chi connectivity index (χ1n) is 8.92. The van der Waals surface area contributed by atoms with E-state index in [9.17, 15) is 0 Å². The van der Waals surface area contributed by atoms with Crippen molar-refractivity contribution in [2.24, 2.45) is 0 Å². The largest absolute Gasteiger partial charge is 0.372 e. The van der Waals surface area contributed by atoms with Gasteiger partial charge in [-0.05, 0) is 49.1 Å². The number of hydrogen-bond acceptors (Lipinski definition) is 6. The fraction of sp³-hybridized carbons (Fsp3) is 0.300. The molecule has 138 valence electrons. The topological polar surface area (TPSA) is 66.8 Å². The van der Waals surface area contributed by atoms with Gasteiger partial charge in [0.2, 0.25) is 0 Å². The van der Waals surface area contributed by atoms with Gasteiger partial charge in [-0.1, -0.05) is 17.7 Å². The number of nitrogens with one attached hydrogen (secondary N) is 1. The second-order valence-corrected chi connectivity index (χ2v) is 7.23. The van der Waals surface area contributed by atoms with Crippen LogP contribution in [-0.2, 0) is 13.0 Å². The molecule has 3 aromatic rings. The number of hydrogen-bond donors (Lipinski definition) is 1. The second-order valence-electron chi connectivity index (χ2n) is 6.82. The van der Waals surface area contributed by atoms with E-state index in [1.807, 2.05) is 26.2 Å². The van der Waals surface area contributed by atoms with Crippen LogP contribution in [0, 0.1) is 13.8 Å². The van der Waals surface area contributed by atoms with Crippen molar-refractivity contribution >= 4 is 23.2 Å². The lowest BCUT2D eigenvalue weighted by atomic mass is 10.0. The monoisotopic (exact) mass is 380 g/mol. The standard InChI is InChI=1S/C20H21ClN6/c1-12-6-13(2)20(24-9-12)15-8-19(23-10-16(15)21)27-5-4-14-7-18(22-3)26-25-17(14)11-27/h6-10H,4-5,11H2,1-3H3,(H,22,26). The predicted octanol–water partition coefficient (Wildman–Crippen LogP) is 3.81. The van der Waals surface area contributed by atoms with Crippen molar-refractivity contribution in [1.82, 2.24) is 20.2 Å². The molecule has 6 nitrogen and oxygen atoms in total. The Morgan fingerprint density at radius 1 is 1.07 bits per heavy atom. The second kappa shape index (κ2) is 7.12. The van der Waals surface area contributed by atoms with E-state index in [1.54, 1.807) is 6.20 Å². The number of aromatic nitrogens is 4. The fourth-order valence-electron chi connectivity index (χ4n) is 3.42. The summed E-state index contributed by atoms with van der Waals surface area (Å²) in [4.78, 5) is 11.3. The van der Waals surface area contributed by atoms with Gasteiger partial charge in [0.1, 0.15) is 11.6 Å². The number of rotatable bonds is 3. The molecule has 27 heavy (non-hydrogen) atoms. The molecule has 0 unspecified atom stereocenters. The molecule has 0 saturated carbocycles. The lowest BCUT2D eigenvalue weighted by Crippen LogP contribution is -2.32. The van der Waals surface area contributed by atoms with Crippen LogP contribution in [0.25, 0.3) is 11.3 Å². The number of aryl methyl sites for hydroxylation is 2. The van der Waals surface area contributed by atoms with Crippen LogP contribution in [0.2, 0.25) is 5.02 Å². The molecule has 0 atom stereocenters. The molecule has 4 rings (SSSR count). The summed E-state index contributed by atoms with van der Waals surface area (Å²) in [6, 6.07) is 6.21. The molecule has 1 aliphatic rings. The van der Waals surface area contributed by atoms with Crippen LogP contribution in [0.15, 0.2) is 30.6 Å². The Hall–Kier alpha value is -2.73. The van der Waals surface area contributed by atoms with E-state index >= 15 is 0 Å². The zero-order chi connectivity index (χ0) is 19.0. The van der Waals surface area contributed by atoms with Crippen LogP contribution in [-0.4, -0.2) is 33.8 Å². The summed E-state index contributed by atoms with van der Waals surface area (Å²) in [6.45, 7) is 5.64. The number of anilines is 2. The fourth-order valence-corrected chi connectivity index (χ4v) is 3.61. The van der Waals surface area contributed by atoms with E-state index in [-0.39, 0.29) is 0 Å². The van der Waals surface area contributed by atoms with Gasteiger partial charge in [-0.15, -0.1) is 5.10 Å². The molecular weight excluding hydrogens is 360 g/mol. The smallest absolute Gasteiger partial charge is 0.148 e. The molecule has 0 aromatic carbocycles. The van der Waals surface area contributed by atoms with E-state index in [0.29, 0.717) is 11.6 Å². The highest BCUT2D eigenvalue weighted by Crippen LogP contribution is 2.32. The third-order valence-electron chi connectivity index (χ3n) is 4.84. The molecule has 0 spiro atoms. The van der Waals surface area contributed by atoms with Crippen molar-refractivity contribution in [1.29, 1.82) is 0 Å². The van der Waals surface area contributed by atoms with Gasteiger partial charge in [-0.3, -0.25) is 4.98 Å². The maximum atomic E-state index is 6.45. The zero-order valence-corrected chi connectivity index (χ0v) is 16.4. The van der Waals surface area contributed by atoms with E-state index < -0.39 is 0 Å². The van der Waals surface area contributed by atoms with E-state index in [1.165, 1.54) is 5.56 Å². The minimum Gasteiger partial charge on any atom is -0.372 e. The van der Waals surface area contributed by atoms with Gasteiger partial charge in [-0.25, -0.2) is 4.98 Å². The SMILES string of the molecule is CNc1cc2c(nn1)CN(c1cc(-c3ncc(C)cc3C)c(Cl)cn1)CC2. The summed E-state index contributed by atoms with van der Waals surface area (Å²) in [6.07, 6.45) is 4.48. The molecular formula is C20H21ClN6.